The van der Waals surface area contributed by atoms with E-state index in [1.807, 2.05) is 14.1 Å². The maximum atomic E-state index is 11.5. The number of amides is 1. The van der Waals surface area contributed by atoms with Crippen LogP contribution in [-0.2, 0) is 0 Å². The van der Waals surface area contributed by atoms with Gasteiger partial charge in [0.25, 0.3) is 5.91 Å². The molecule has 1 amide bonds. The fraction of sp³-hybridized carbons (Fsp3) is 0.400. The summed E-state index contributed by atoms with van der Waals surface area (Å²) in [7, 11) is 4.10. The first-order valence-electron chi connectivity index (χ1n) is 5.01. The molecule has 0 unspecified atom stereocenters. The summed E-state index contributed by atoms with van der Waals surface area (Å²) in [5.41, 5.74) is 0. The van der Waals surface area contributed by atoms with Gasteiger partial charge in [-0.25, -0.2) is 0 Å². The first-order valence-corrected chi connectivity index (χ1v) is 5.42. The Balaban J connectivity index is 2.27. The van der Waals surface area contributed by atoms with E-state index in [0.29, 0.717) is 5.11 Å². The summed E-state index contributed by atoms with van der Waals surface area (Å²) in [5, 5.41) is 5.80. The molecule has 1 rings (SSSR count). The fourth-order valence-corrected chi connectivity index (χ4v) is 1.24. The van der Waals surface area contributed by atoms with Crippen LogP contribution >= 0.6 is 12.2 Å². The van der Waals surface area contributed by atoms with E-state index in [0.717, 1.165) is 13.1 Å². The average Bonchev–Trinajstić information content (AvgIpc) is 2.69. The molecule has 88 valence electrons. The van der Waals surface area contributed by atoms with Gasteiger partial charge in [0.1, 0.15) is 0 Å². The number of carbonyl (C=O) groups excluding carboxylic acids is 1. The molecule has 5 nitrogen and oxygen atoms in total. The zero-order chi connectivity index (χ0) is 12.0. The third kappa shape index (κ3) is 4.41. The molecule has 0 saturated heterocycles. The minimum Gasteiger partial charge on any atom is -0.459 e. The molecular weight excluding hydrogens is 226 g/mol. The summed E-state index contributed by atoms with van der Waals surface area (Å²) in [6.45, 7) is 1.65. The minimum absolute atomic E-state index is 0.252. The number of rotatable bonds is 4. The number of quaternary nitrogens is 1. The number of nitrogens with one attached hydrogen (secondary N) is 3. The highest BCUT2D eigenvalue weighted by atomic mass is 32.1. The van der Waals surface area contributed by atoms with Crippen LogP contribution in [0.25, 0.3) is 0 Å². The van der Waals surface area contributed by atoms with Crippen LogP contribution in [0.1, 0.15) is 10.6 Å². The maximum absolute atomic E-state index is 11.5. The van der Waals surface area contributed by atoms with Gasteiger partial charge < -0.3 is 14.6 Å². The van der Waals surface area contributed by atoms with Crippen molar-refractivity contribution in [2.24, 2.45) is 0 Å². The molecule has 0 fully saturated rings. The number of hydrogen-bond acceptors (Lipinski definition) is 3. The van der Waals surface area contributed by atoms with Gasteiger partial charge >= 0.3 is 0 Å². The van der Waals surface area contributed by atoms with Crippen molar-refractivity contribution in [1.82, 2.24) is 10.6 Å². The lowest BCUT2D eigenvalue weighted by Gasteiger charge is -2.10. The quantitative estimate of drug-likeness (QED) is 0.595. The van der Waals surface area contributed by atoms with E-state index < -0.39 is 0 Å². The Morgan fingerprint density at radius 2 is 2.31 bits per heavy atom. The van der Waals surface area contributed by atoms with Crippen LogP contribution in [-0.4, -0.2) is 38.2 Å². The summed E-state index contributed by atoms with van der Waals surface area (Å²) >= 11 is 4.96. The van der Waals surface area contributed by atoms with Crippen LogP contribution in [0, 0.1) is 0 Å². The number of likely N-dealkylation sites (N-methyl/N-ethyl adjacent to an activating group) is 1. The van der Waals surface area contributed by atoms with Gasteiger partial charge in [0, 0.05) is 0 Å². The van der Waals surface area contributed by atoms with E-state index >= 15 is 0 Å². The highest BCUT2D eigenvalue weighted by molar-refractivity contribution is 7.80. The van der Waals surface area contributed by atoms with Crippen molar-refractivity contribution < 1.29 is 14.1 Å². The molecule has 0 spiro atoms. The number of carbonyl (C=O) groups is 1. The fourth-order valence-electron chi connectivity index (χ4n) is 1.04. The molecule has 0 aliphatic carbocycles. The molecule has 16 heavy (non-hydrogen) atoms. The van der Waals surface area contributed by atoms with Crippen LogP contribution in [0.5, 0.6) is 0 Å². The molecule has 1 aromatic heterocycles. The molecular formula is C10H16N3O2S+. The van der Waals surface area contributed by atoms with Gasteiger partial charge in [0.2, 0.25) is 0 Å². The van der Waals surface area contributed by atoms with E-state index in [2.05, 4.69) is 10.6 Å². The summed E-state index contributed by atoms with van der Waals surface area (Å²) in [6.07, 6.45) is 1.45. The SMILES string of the molecule is C[NH+](C)CCNC(=S)NC(=O)c1ccco1. The zero-order valence-corrected chi connectivity index (χ0v) is 10.2. The van der Waals surface area contributed by atoms with Crippen LogP contribution in [0.2, 0.25) is 0 Å². The Morgan fingerprint density at radius 1 is 1.56 bits per heavy atom. The highest BCUT2D eigenvalue weighted by Crippen LogP contribution is 1.98. The highest BCUT2D eigenvalue weighted by Gasteiger charge is 2.09. The number of furan rings is 1. The van der Waals surface area contributed by atoms with Gasteiger partial charge in [0.05, 0.1) is 33.4 Å². The second-order valence-corrected chi connectivity index (χ2v) is 4.05. The van der Waals surface area contributed by atoms with Gasteiger partial charge in [-0.3, -0.25) is 10.1 Å². The van der Waals surface area contributed by atoms with E-state index in [4.69, 9.17) is 16.6 Å². The molecule has 0 atom stereocenters. The lowest BCUT2D eigenvalue weighted by atomic mass is 10.4. The van der Waals surface area contributed by atoms with E-state index in [9.17, 15) is 4.79 Å². The molecule has 6 heteroatoms. The van der Waals surface area contributed by atoms with Crippen LogP contribution < -0.4 is 15.5 Å². The second-order valence-electron chi connectivity index (χ2n) is 3.64. The molecule has 3 N–H and O–H groups in total. The topological polar surface area (TPSA) is 58.7 Å². The third-order valence-corrected chi connectivity index (χ3v) is 2.13. The van der Waals surface area contributed by atoms with Gasteiger partial charge in [-0.15, -0.1) is 0 Å². The Bertz CT molecular complexity index is 349. The molecule has 0 aromatic carbocycles. The molecule has 0 radical (unpaired) electrons. The van der Waals surface area contributed by atoms with E-state index in [1.54, 1.807) is 12.1 Å². The van der Waals surface area contributed by atoms with E-state index in [1.165, 1.54) is 11.2 Å². The maximum Gasteiger partial charge on any atom is 0.293 e. The van der Waals surface area contributed by atoms with Crippen LogP contribution in [0.15, 0.2) is 22.8 Å². The Kier molecular flexibility index (Phi) is 4.94. The van der Waals surface area contributed by atoms with Crippen molar-refractivity contribution in [3.05, 3.63) is 24.2 Å². The van der Waals surface area contributed by atoms with Crippen molar-refractivity contribution in [3.63, 3.8) is 0 Å². The van der Waals surface area contributed by atoms with Crippen molar-refractivity contribution in [1.29, 1.82) is 0 Å². The smallest absolute Gasteiger partial charge is 0.293 e. The normalized spacial score (nSPS) is 10.2. The van der Waals surface area contributed by atoms with Gasteiger partial charge in [-0.2, -0.15) is 0 Å². The number of thiocarbonyl (C=S) groups is 1. The Labute approximate surface area is 99.8 Å². The van der Waals surface area contributed by atoms with Crippen molar-refractivity contribution >= 4 is 23.2 Å². The Hall–Kier alpha value is -1.40. The van der Waals surface area contributed by atoms with Crippen molar-refractivity contribution in [2.75, 3.05) is 27.2 Å². The summed E-state index contributed by atoms with van der Waals surface area (Å²) < 4.78 is 4.94. The van der Waals surface area contributed by atoms with Crippen molar-refractivity contribution in [2.45, 2.75) is 0 Å². The first-order chi connectivity index (χ1) is 7.59. The summed E-state index contributed by atoms with van der Waals surface area (Å²) in [6, 6.07) is 3.24. The standard InChI is InChI=1S/C10H15N3O2S/c1-13(2)6-5-11-10(16)12-9(14)8-4-3-7-15-8/h3-4,7H,5-6H2,1-2H3,(H2,11,12,14,16)/p+1. The molecule has 1 aromatic rings. The van der Waals surface area contributed by atoms with Crippen LogP contribution in [0.4, 0.5) is 0 Å². The lowest BCUT2D eigenvalue weighted by molar-refractivity contribution is -0.856. The van der Waals surface area contributed by atoms with E-state index in [-0.39, 0.29) is 11.7 Å². The van der Waals surface area contributed by atoms with Crippen LogP contribution in [0.3, 0.4) is 0 Å². The monoisotopic (exact) mass is 242 g/mol. The summed E-state index contributed by atoms with van der Waals surface area (Å²) in [5.74, 6) is -0.0814. The molecule has 0 aliphatic rings. The zero-order valence-electron chi connectivity index (χ0n) is 9.37. The van der Waals surface area contributed by atoms with Gasteiger partial charge in [0.15, 0.2) is 10.9 Å². The predicted octanol–water partition coefficient (Wildman–Crippen LogP) is -0.972. The molecule has 0 aliphatic heterocycles. The minimum atomic E-state index is -0.334. The summed E-state index contributed by atoms with van der Waals surface area (Å²) in [4.78, 5) is 12.8. The average molecular weight is 242 g/mol. The second kappa shape index (κ2) is 6.24. The predicted molar refractivity (Wildman–Crippen MR) is 64.5 cm³/mol. The largest absolute Gasteiger partial charge is 0.459 e. The van der Waals surface area contributed by atoms with Gasteiger partial charge in [-0.1, -0.05) is 0 Å². The molecule has 0 saturated carbocycles. The first kappa shape index (κ1) is 12.7. The van der Waals surface area contributed by atoms with Crippen molar-refractivity contribution in [3.8, 4) is 0 Å². The van der Waals surface area contributed by atoms with Gasteiger partial charge in [-0.05, 0) is 24.4 Å². The lowest BCUT2D eigenvalue weighted by Crippen LogP contribution is -3.06. The molecule has 1 heterocycles. The number of hydrogen-bond donors (Lipinski definition) is 3. The third-order valence-electron chi connectivity index (χ3n) is 1.88. The molecule has 0 bridgehead atoms. The Morgan fingerprint density at radius 3 is 2.88 bits per heavy atom.